The minimum atomic E-state index is -2.35. The lowest BCUT2D eigenvalue weighted by Gasteiger charge is -2.72. The summed E-state index contributed by atoms with van der Waals surface area (Å²) in [7, 11) is 0. The van der Waals surface area contributed by atoms with Crippen LogP contribution in [-0.2, 0) is 23.7 Å². The molecule has 0 spiro atoms. The summed E-state index contributed by atoms with van der Waals surface area (Å²) in [6.07, 6.45) is -12.1. The average Bonchev–Trinajstić information content (AvgIpc) is 3.71. The standard InChI is InChI=1S/C42H72O15/c1-36(2)24(45)11-13-38(5)23-16-20(44)26-19(41(8)15-12-25(56-41)37(3,4)51)10-14-39(26,6)40(23,7)17-21(32(36)38)53-35-31(28(47)27(46)22(18-43)54-35)55-34-30(49)29(48)33(50)42(9,52)57-34/h19-35,43-52H,10-18H2,1-9H3. The summed E-state index contributed by atoms with van der Waals surface area (Å²) in [6.45, 7) is 17.0. The molecule has 4 saturated carbocycles. The molecule has 3 saturated heterocycles. The van der Waals surface area contributed by atoms with Crippen LogP contribution in [0.2, 0.25) is 0 Å². The highest BCUT2D eigenvalue weighted by Gasteiger charge is 2.74. The Morgan fingerprint density at radius 2 is 1.40 bits per heavy atom. The third-order valence-corrected chi connectivity index (χ3v) is 17.4. The monoisotopic (exact) mass is 816 g/mol. The molecule has 22 atom stereocenters. The van der Waals surface area contributed by atoms with Crippen molar-refractivity contribution in [1.29, 1.82) is 0 Å². The molecule has 3 heterocycles. The maximum absolute atomic E-state index is 12.4. The number of hydrogen-bond donors (Lipinski definition) is 10. The Kier molecular flexibility index (Phi) is 11.3. The van der Waals surface area contributed by atoms with Gasteiger partial charge in [0, 0.05) is 0 Å². The maximum atomic E-state index is 12.4. The van der Waals surface area contributed by atoms with Crippen LogP contribution in [-0.4, -0.2) is 154 Å². The van der Waals surface area contributed by atoms with E-state index in [0.29, 0.717) is 25.7 Å². The van der Waals surface area contributed by atoms with Crippen LogP contribution in [0.1, 0.15) is 114 Å². The molecule has 15 heteroatoms. The highest BCUT2D eigenvalue weighted by Crippen LogP contribution is 2.76. The second-order valence-electron chi connectivity index (χ2n) is 21.5. The van der Waals surface area contributed by atoms with Gasteiger partial charge in [0.05, 0.1) is 42.2 Å². The fourth-order valence-electron chi connectivity index (χ4n) is 14.1. The third kappa shape index (κ3) is 6.71. The number of aliphatic hydroxyl groups is 10. The molecule has 0 aromatic rings. The zero-order valence-electron chi connectivity index (χ0n) is 35.2. The Hall–Kier alpha value is -0.600. The SMILES string of the molecule is CC(C)(O)C1CCC(C)(C2CCC3(C)C2C(O)CC2C4(C)CCC(O)C(C)(C)C4C(OC4OC(CO)C(O)C(O)C4OC4OC(C)(O)C(O)C(O)C4O)CC23C)O1. The predicted molar refractivity (Wildman–Crippen MR) is 202 cm³/mol. The molecule has 0 amide bonds. The molecule has 7 aliphatic rings. The van der Waals surface area contributed by atoms with Crippen molar-refractivity contribution in [2.45, 2.75) is 210 Å². The second kappa shape index (κ2) is 14.5. The van der Waals surface area contributed by atoms with Crippen molar-refractivity contribution < 1.29 is 74.7 Å². The number of hydrogen-bond acceptors (Lipinski definition) is 15. The Labute approximate surface area is 336 Å². The van der Waals surface area contributed by atoms with E-state index in [9.17, 15) is 51.1 Å². The molecular weight excluding hydrogens is 744 g/mol. The Balaban J connectivity index is 1.26. The summed E-state index contributed by atoms with van der Waals surface area (Å²) in [5.74, 6) is -2.72. The van der Waals surface area contributed by atoms with Crippen LogP contribution in [0, 0.1) is 45.3 Å². The zero-order valence-corrected chi connectivity index (χ0v) is 35.2. The van der Waals surface area contributed by atoms with Gasteiger partial charge in [-0.15, -0.1) is 0 Å². The van der Waals surface area contributed by atoms with Crippen molar-refractivity contribution in [3.63, 3.8) is 0 Å². The lowest BCUT2D eigenvalue weighted by Crippen LogP contribution is -2.71. The smallest absolute Gasteiger partial charge is 0.194 e. The summed E-state index contributed by atoms with van der Waals surface area (Å²) in [6, 6.07) is 0. The van der Waals surface area contributed by atoms with Crippen molar-refractivity contribution in [2.75, 3.05) is 6.61 Å². The molecule has 15 nitrogen and oxygen atoms in total. The van der Waals surface area contributed by atoms with Gasteiger partial charge in [-0.3, -0.25) is 0 Å². The molecule has 330 valence electrons. The number of aliphatic hydroxyl groups excluding tert-OH is 8. The van der Waals surface area contributed by atoms with Gasteiger partial charge in [-0.2, -0.15) is 0 Å². The molecule has 3 aliphatic heterocycles. The quantitative estimate of drug-likeness (QED) is 0.159. The second-order valence-corrected chi connectivity index (χ2v) is 21.5. The van der Waals surface area contributed by atoms with E-state index < -0.39 is 119 Å². The van der Waals surface area contributed by atoms with Gasteiger partial charge in [-0.1, -0.05) is 34.6 Å². The molecule has 7 rings (SSSR count). The van der Waals surface area contributed by atoms with E-state index in [-0.39, 0.29) is 29.8 Å². The van der Waals surface area contributed by atoms with E-state index in [1.54, 1.807) is 13.8 Å². The van der Waals surface area contributed by atoms with Crippen LogP contribution in [0.25, 0.3) is 0 Å². The van der Waals surface area contributed by atoms with Crippen LogP contribution in [0.4, 0.5) is 0 Å². The average molecular weight is 817 g/mol. The van der Waals surface area contributed by atoms with E-state index in [1.807, 2.05) is 13.8 Å². The molecule has 0 radical (unpaired) electrons. The molecule has 57 heavy (non-hydrogen) atoms. The largest absolute Gasteiger partial charge is 0.394 e. The van der Waals surface area contributed by atoms with Crippen LogP contribution >= 0.6 is 0 Å². The van der Waals surface area contributed by atoms with Gasteiger partial charge >= 0.3 is 0 Å². The minimum absolute atomic E-state index is 0.0240. The van der Waals surface area contributed by atoms with Crippen LogP contribution in [0.15, 0.2) is 0 Å². The van der Waals surface area contributed by atoms with Gasteiger partial charge < -0.3 is 74.7 Å². The molecule has 7 fully saturated rings. The first-order valence-electron chi connectivity index (χ1n) is 21.3. The molecule has 0 aromatic carbocycles. The van der Waals surface area contributed by atoms with Crippen LogP contribution < -0.4 is 0 Å². The highest BCUT2D eigenvalue weighted by molar-refractivity contribution is 5.22. The molecule has 4 aliphatic carbocycles. The van der Waals surface area contributed by atoms with Gasteiger partial charge in [-0.25, -0.2) is 0 Å². The van der Waals surface area contributed by atoms with Crippen LogP contribution in [0.5, 0.6) is 0 Å². The van der Waals surface area contributed by atoms with Crippen molar-refractivity contribution in [1.82, 2.24) is 0 Å². The first-order chi connectivity index (χ1) is 26.2. The van der Waals surface area contributed by atoms with E-state index in [2.05, 4.69) is 27.7 Å². The molecule has 0 bridgehead atoms. The molecule has 10 N–H and O–H groups in total. The summed E-state index contributed by atoms with van der Waals surface area (Å²) < 4.78 is 31.5. The Bertz CT molecular complexity index is 1470. The Morgan fingerprint density at radius 1 is 0.737 bits per heavy atom. The first-order valence-corrected chi connectivity index (χ1v) is 21.3. The molecule has 22 unspecified atom stereocenters. The van der Waals surface area contributed by atoms with Crippen molar-refractivity contribution >= 4 is 0 Å². The van der Waals surface area contributed by atoms with Crippen molar-refractivity contribution in [3.8, 4) is 0 Å². The summed E-state index contributed by atoms with van der Waals surface area (Å²) in [5, 5.41) is 110. The summed E-state index contributed by atoms with van der Waals surface area (Å²) >= 11 is 0. The third-order valence-electron chi connectivity index (χ3n) is 17.4. The van der Waals surface area contributed by atoms with Gasteiger partial charge in [0.1, 0.15) is 42.7 Å². The number of rotatable bonds is 7. The predicted octanol–water partition coefficient (Wildman–Crippen LogP) is 0.679. The fourth-order valence-corrected chi connectivity index (χ4v) is 14.1. The van der Waals surface area contributed by atoms with E-state index in [0.717, 1.165) is 32.6 Å². The number of fused-ring (bicyclic) bond motifs is 5. The molecule has 0 aromatic heterocycles. The lowest BCUT2D eigenvalue weighted by molar-refractivity contribution is -0.417. The summed E-state index contributed by atoms with van der Waals surface area (Å²) in [5.41, 5.74) is -3.54. The van der Waals surface area contributed by atoms with Gasteiger partial charge in [0.15, 0.2) is 18.4 Å². The topological polar surface area (TPSA) is 248 Å². The van der Waals surface area contributed by atoms with Crippen molar-refractivity contribution in [2.24, 2.45) is 45.3 Å². The highest BCUT2D eigenvalue weighted by atomic mass is 16.8. The van der Waals surface area contributed by atoms with E-state index >= 15 is 0 Å². The van der Waals surface area contributed by atoms with Crippen LogP contribution in [0.3, 0.4) is 0 Å². The van der Waals surface area contributed by atoms with Crippen molar-refractivity contribution in [3.05, 3.63) is 0 Å². The van der Waals surface area contributed by atoms with Gasteiger partial charge in [-0.05, 0) is 124 Å². The van der Waals surface area contributed by atoms with Gasteiger partial charge in [0.2, 0.25) is 0 Å². The zero-order chi connectivity index (χ0) is 42.2. The lowest BCUT2D eigenvalue weighted by atomic mass is 9.34. The summed E-state index contributed by atoms with van der Waals surface area (Å²) in [4.78, 5) is 0. The van der Waals surface area contributed by atoms with Gasteiger partial charge in [0.25, 0.3) is 0 Å². The molecular formula is C42H72O15. The van der Waals surface area contributed by atoms with E-state index in [4.69, 9.17) is 23.7 Å². The minimum Gasteiger partial charge on any atom is -0.394 e. The number of ether oxygens (including phenoxy) is 5. The maximum Gasteiger partial charge on any atom is 0.194 e. The normalized spacial score (nSPS) is 57.8. The fraction of sp³-hybridized carbons (Fsp3) is 1.00. The first kappa shape index (κ1) is 44.5. The van der Waals surface area contributed by atoms with E-state index in [1.165, 1.54) is 0 Å². The Morgan fingerprint density at radius 3 is 2.02 bits per heavy atom.